The van der Waals surface area contributed by atoms with Crippen molar-refractivity contribution in [2.45, 2.75) is 0 Å². The number of nitrogen functional groups attached to an aromatic ring is 3. The van der Waals surface area contributed by atoms with Crippen molar-refractivity contribution < 1.29 is 0 Å². The summed E-state index contributed by atoms with van der Waals surface area (Å²) in [7, 11) is 0. The van der Waals surface area contributed by atoms with Crippen LogP contribution < -0.4 is 17.2 Å². The first kappa shape index (κ1) is 7.67. The van der Waals surface area contributed by atoms with Gasteiger partial charge in [-0.3, -0.25) is 4.98 Å². The fourth-order valence-corrected chi connectivity index (χ4v) is 1.26. The Hall–Kier alpha value is -1.97. The van der Waals surface area contributed by atoms with Crippen molar-refractivity contribution in [3.05, 3.63) is 24.4 Å². The monoisotopic (exact) mass is 174 g/mol. The fraction of sp³-hybridized carbons (Fsp3) is 0. The van der Waals surface area contributed by atoms with E-state index in [1.54, 1.807) is 12.3 Å². The summed E-state index contributed by atoms with van der Waals surface area (Å²) in [6, 6.07) is 5.42. The molecule has 1 aromatic heterocycles. The van der Waals surface area contributed by atoms with Crippen LogP contribution in [-0.4, -0.2) is 4.98 Å². The molecule has 0 atom stereocenters. The maximum Gasteiger partial charge on any atom is 0.0954 e. The van der Waals surface area contributed by atoms with E-state index in [4.69, 9.17) is 17.2 Å². The van der Waals surface area contributed by atoms with Gasteiger partial charge in [-0.05, 0) is 12.1 Å². The zero-order valence-electron chi connectivity index (χ0n) is 6.99. The van der Waals surface area contributed by atoms with Crippen molar-refractivity contribution in [3.8, 4) is 0 Å². The largest absolute Gasteiger partial charge is 0.397 e. The minimum atomic E-state index is 0.512. The Labute approximate surface area is 75.4 Å². The van der Waals surface area contributed by atoms with Gasteiger partial charge in [-0.25, -0.2) is 0 Å². The molecule has 66 valence electrons. The highest BCUT2D eigenvalue weighted by atomic mass is 14.8. The van der Waals surface area contributed by atoms with Crippen LogP contribution in [0.4, 0.5) is 17.1 Å². The lowest BCUT2D eigenvalue weighted by atomic mass is 10.1. The van der Waals surface area contributed by atoms with E-state index in [9.17, 15) is 0 Å². The summed E-state index contributed by atoms with van der Waals surface area (Å²) < 4.78 is 0. The standard InChI is InChI=1S/C9H10N4/c10-6-3-5-1-2-7(11)8(12)9(5)13-4-6/h1-4H,10-12H2. The molecule has 0 fully saturated rings. The molecule has 4 heteroatoms. The molecular formula is C9H10N4. The van der Waals surface area contributed by atoms with Gasteiger partial charge in [0.2, 0.25) is 0 Å². The molecule has 2 rings (SSSR count). The van der Waals surface area contributed by atoms with E-state index >= 15 is 0 Å². The summed E-state index contributed by atoms with van der Waals surface area (Å²) in [6.45, 7) is 0. The summed E-state index contributed by atoms with van der Waals surface area (Å²) in [5, 5.41) is 0.909. The first-order valence-corrected chi connectivity index (χ1v) is 3.87. The number of nitrogens with zero attached hydrogens (tertiary/aromatic N) is 1. The normalized spacial score (nSPS) is 10.5. The second-order valence-corrected chi connectivity index (χ2v) is 2.91. The Kier molecular flexibility index (Phi) is 1.48. The van der Waals surface area contributed by atoms with E-state index in [0.29, 0.717) is 22.6 Å². The third-order valence-electron chi connectivity index (χ3n) is 1.95. The van der Waals surface area contributed by atoms with Crippen molar-refractivity contribution in [3.63, 3.8) is 0 Å². The van der Waals surface area contributed by atoms with Crippen molar-refractivity contribution in [2.75, 3.05) is 17.2 Å². The third kappa shape index (κ3) is 1.12. The summed E-state index contributed by atoms with van der Waals surface area (Å²) >= 11 is 0. The number of rotatable bonds is 0. The number of hydrogen-bond donors (Lipinski definition) is 3. The molecule has 0 saturated heterocycles. The highest BCUT2D eigenvalue weighted by Crippen LogP contribution is 2.25. The molecule has 0 aliphatic rings. The van der Waals surface area contributed by atoms with Crippen molar-refractivity contribution in [2.24, 2.45) is 0 Å². The Bertz CT molecular complexity index is 464. The first-order valence-electron chi connectivity index (χ1n) is 3.87. The second-order valence-electron chi connectivity index (χ2n) is 2.91. The van der Waals surface area contributed by atoms with E-state index in [1.165, 1.54) is 0 Å². The van der Waals surface area contributed by atoms with Gasteiger partial charge in [0.15, 0.2) is 0 Å². The number of aromatic nitrogens is 1. The van der Waals surface area contributed by atoms with Gasteiger partial charge in [0, 0.05) is 5.39 Å². The number of nitrogens with two attached hydrogens (primary N) is 3. The molecule has 0 aliphatic heterocycles. The van der Waals surface area contributed by atoms with E-state index in [-0.39, 0.29) is 0 Å². The van der Waals surface area contributed by atoms with Gasteiger partial charge in [-0.1, -0.05) is 6.07 Å². The van der Waals surface area contributed by atoms with E-state index in [0.717, 1.165) is 5.39 Å². The van der Waals surface area contributed by atoms with Crippen molar-refractivity contribution >= 4 is 28.0 Å². The molecule has 0 radical (unpaired) electrons. The molecule has 0 bridgehead atoms. The minimum Gasteiger partial charge on any atom is -0.397 e. The molecule has 0 unspecified atom stereocenters. The fourth-order valence-electron chi connectivity index (χ4n) is 1.26. The molecule has 6 N–H and O–H groups in total. The zero-order valence-corrected chi connectivity index (χ0v) is 6.99. The lowest BCUT2D eigenvalue weighted by Gasteiger charge is -2.04. The predicted octanol–water partition coefficient (Wildman–Crippen LogP) is 0.981. The van der Waals surface area contributed by atoms with E-state index in [2.05, 4.69) is 4.98 Å². The maximum absolute atomic E-state index is 5.74. The molecule has 1 aromatic carbocycles. The second kappa shape index (κ2) is 2.52. The molecule has 0 saturated carbocycles. The van der Waals surface area contributed by atoms with Crippen LogP contribution in [0.1, 0.15) is 0 Å². The van der Waals surface area contributed by atoms with Crippen LogP contribution in [0.15, 0.2) is 24.4 Å². The maximum atomic E-state index is 5.74. The van der Waals surface area contributed by atoms with Crippen molar-refractivity contribution in [1.29, 1.82) is 0 Å². The van der Waals surface area contributed by atoms with Gasteiger partial charge < -0.3 is 17.2 Å². The highest BCUT2D eigenvalue weighted by molar-refractivity contribution is 5.96. The predicted molar refractivity (Wildman–Crippen MR) is 55.0 cm³/mol. The molecule has 0 aliphatic carbocycles. The number of benzene rings is 1. The lowest BCUT2D eigenvalue weighted by molar-refractivity contribution is 1.41. The van der Waals surface area contributed by atoms with Crippen LogP contribution in [-0.2, 0) is 0 Å². The van der Waals surface area contributed by atoms with Crippen LogP contribution in [0.2, 0.25) is 0 Å². The number of pyridine rings is 1. The number of hydrogen-bond acceptors (Lipinski definition) is 4. The smallest absolute Gasteiger partial charge is 0.0954 e. The van der Waals surface area contributed by atoms with Gasteiger partial charge >= 0.3 is 0 Å². The topological polar surface area (TPSA) is 90.9 Å². The zero-order chi connectivity index (χ0) is 9.42. The summed E-state index contributed by atoms with van der Waals surface area (Å²) in [4.78, 5) is 4.11. The number of fused-ring (bicyclic) bond motifs is 1. The molecule has 13 heavy (non-hydrogen) atoms. The Balaban J connectivity index is 2.87. The summed E-state index contributed by atoms with van der Waals surface area (Å²) in [6.07, 6.45) is 1.57. The molecule has 1 heterocycles. The van der Waals surface area contributed by atoms with E-state index < -0.39 is 0 Å². The van der Waals surface area contributed by atoms with Crippen LogP contribution >= 0.6 is 0 Å². The molecule has 0 amide bonds. The van der Waals surface area contributed by atoms with Crippen LogP contribution in [0.5, 0.6) is 0 Å². The Morgan fingerprint density at radius 3 is 2.62 bits per heavy atom. The highest BCUT2D eigenvalue weighted by Gasteiger charge is 2.02. The Morgan fingerprint density at radius 1 is 1.08 bits per heavy atom. The van der Waals surface area contributed by atoms with Gasteiger partial charge in [-0.15, -0.1) is 0 Å². The summed E-state index contributed by atoms with van der Waals surface area (Å²) in [5.41, 5.74) is 19.3. The lowest BCUT2D eigenvalue weighted by Crippen LogP contribution is -1.97. The summed E-state index contributed by atoms with van der Waals surface area (Å²) in [5.74, 6) is 0. The first-order chi connectivity index (χ1) is 6.18. The average molecular weight is 174 g/mol. The van der Waals surface area contributed by atoms with Crippen LogP contribution in [0.25, 0.3) is 10.9 Å². The quantitative estimate of drug-likeness (QED) is 0.519. The van der Waals surface area contributed by atoms with Crippen LogP contribution in [0, 0.1) is 0 Å². The third-order valence-corrected chi connectivity index (χ3v) is 1.95. The van der Waals surface area contributed by atoms with Crippen molar-refractivity contribution in [1.82, 2.24) is 4.98 Å². The van der Waals surface area contributed by atoms with Gasteiger partial charge in [0.25, 0.3) is 0 Å². The van der Waals surface area contributed by atoms with Gasteiger partial charge in [0.1, 0.15) is 0 Å². The van der Waals surface area contributed by atoms with Gasteiger partial charge in [-0.2, -0.15) is 0 Å². The Morgan fingerprint density at radius 2 is 1.85 bits per heavy atom. The number of anilines is 3. The van der Waals surface area contributed by atoms with Crippen LogP contribution in [0.3, 0.4) is 0 Å². The van der Waals surface area contributed by atoms with Gasteiger partial charge in [0.05, 0.1) is 28.8 Å². The van der Waals surface area contributed by atoms with E-state index in [1.807, 2.05) is 12.1 Å². The SMILES string of the molecule is Nc1cnc2c(N)c(N)ccc2c1. The molecule has 4 nitrogen and oxygen atoms in total. The molecule has 2 aromatic rings. The minimum absolute atomic E-state index is 0.512. The average Bonchev–Trinajstić information content (AvgIpc) is 2.12. The molecular weight excluding hydrogens is 164 g/mol. The molecule has 0 spiro atoms.